The second-order valence-corrected chi connectivity index (χ2v) is 4.02. The molecule has 0 saturated carbocycles. The summed E-state index contributed by atoms with van der Waals surface area (Å²) in [6, 6.07) is 0.838. The van der Waals surface area contributed by atoms with E-state index in [9.17, 15) is 22.0 Å². The molecule has 0 aromatic carbocycles. The fourth-order valence-corrected chi connectivity index (χ4v) is 1.66. The average molecular weight is 368 g/mol. The molecule has 96 valence electrons. The Kier molecular flexibility index (Phi) is 4.47. The van der Waals surface area contributed by atoms with Crippen molar-refractivity contribution < 1.29 is 26.7 Å². The third-order valence-corrected chi connectivity index (χ3v) is 2.60. The highest BCUT2D eigenvalue weighted by atomic mass is 127. The number of aromatic nitrogens is 1. The topological polar surface area (TPSA) is 48.1 Å². The Morgan fingerprint density at radius 3 is 2.41 bits per heavy atom. The molecule has 3 nitrogen and oxygen atoms in total. The molecule has 9 heteroatoms. The van der Waals surface area contributed by atoms with Crippen LogP contribution in [0.5, 0.6) is 5.75 Å². The maximum atomic E-state index is 12.5. The van der Waals surface area contributed by atoms with Crippen molar-refractivity contribution in [3.63, 3.8) is 0 Å². The van der Waals surface area contributed by atoms with Crippen molar-refractivity contribution in [2.45, 2.75) is 19.3 Å². The Balaban J connectivity index is 3.23. The Bertz CT molecular complexity index is 410. The minimum absolute atomic E-state index is 0.0930. The second kappa shape index (κ2) is 5.29. The molecule has 0 bridgehead atoms. The molecule has 1 aromatic heterocycles. The van der Waals surface area contributed by atoms with E-state index in [0.29, 0.717) is 0 Å². The zero-order chi connectivity index (χ0) is 13.2. The van der Waals surface area contributed by atoms with Gasteiger partial charge in [0, 0.05) is 10.1 Å². The second-order valence-electron chi connectivity index (χ2n) is 2.85. The van der Waals surface area contributed by atoms with E-state index < -0.39 is 24.2 Å². The lowest BCUT2D eigenvalue weighted by molar-refractivity contribution is -0.275. The quantitative estimate of drug-likeness (QED) is 0.659. The minimum atomic E-state index is -5.04. The largest absolute Gasteiger partial charge is 0.573 e. The summed E-state index contributed by atoms with van der Waals surface area (Å²) in [5.74, 6) is -1.01. The van der Waals surface area contributed by atoms with Crippen LogP contribution in [0.25, 0.3) is 0 Å². The highest BCUT2D eigenvalue weighted by Gasteiger charge is 2.34. The maximum Gasteiger partial charge on any atom is 0.573 e. The average Bonchev–Trinajstić information content (AvgIpc) is 2.14. The molecule has 1 aromatic rings. The van der Waals surface area contributed by atoms with Gasteiger partial charge in [-0.3, -0.25) is 0 Å². The number of pyridine rings is 1. The Hall–Kier alpha value is -0.710. The highest BCUT2D eigenvalue weighted by Crippen LogP contribution is 2.33. The first kappa shape index (κ1) is 14.4. The van der Waals surface area contributed by atoms with Gasteiger partial charge in [-0.1, -0.05) is 0 Å². The van der Waals surface area contributed by atoms with Crippen molar-refractivity contribution in [2.75, 3.05) is 0 Å². The molecular weight excluding hydrogens is 362 g/mol. The standard InChI is InChI=1S/C8H6F5IN2O/c9-7(10)6-5(17-8(11,12)13)1-3(14)4(2-15)16-6/h1,7H,2,15H2. The van der Waals surface area contributed by atoms with Crippen LogP contribution in [0.2, 0.25) is 0 Å². The van der Waals surface area contributed by atoms with Gasteiger partial charge in [0.2, 0.25) is 0 Å². The highest BCUT2D eigenvalue weighted by molar-refractivity contribution is 14.1. The smallest absolute Gasteiger partial charge is 0.404 e. The molecule has 0 radical (unpaired) electrons. The molecule has 1 heterocycles. The zero-order valence-electron chi connectivity index (χ0n) is 8.06. The van der Waals surface area contributed by atoms with Crippen LogP contribution in [0.15, 0.2) is 6.07 Å². The summed E-state index contributed by atoms with van der Waals surface area (Å²) in [5, 5.41) is 0. The van der Waals surface area contributed by atoms with Crippen LogP contribution in [0.4, 0.5) is 22.0 Å². The van der Waals surface area contributed by atoms with E-state index in [1.165, 1.54) is 0 Å². The zero-order valence-corrected chi connectivity index (χ0v) is 10.2. The molecular formula is C8H6F5IN2O. The molecule has 0 atom stereocenters. The van der Waals surface area contributed by atoms with Gasteiger partial charge in [-0.05, 0) is 28.7 Å². The normalized spacial score (nSPS) is 12.0. The van der Waals surface area contributed by atoms with Crippen LogP contribution in [-0.2, 0) is 6.54 Å². The number of rotatable bonds is 3. The molecule has 0 fully saturated rings. The number of ether oxygens (including phenoxy) is 1. The fraction of sp³-hybridized carbons (Fsp3) is 0.375. The summed E-state index contributed by atoms with van der Waals surface area (Å²) in [7, 11) is 0. The van der Waals surface area contributed by atoms with Gasteiger partial charge in [0.1, 0.15) is 5.69 Å². The number of halogens is 6. The van der Waals surface area contributed by atoms with Gasteiger partial charge < -0.3 is 10.5 Å². The number of hydrogen-bond acceptors (Lipinski definition) is 3. The fourth-order valence-electron chi connectivity index (χ4n) is 1.03. The maximum absolute atomic E-state index is 12.5. The van der Waals surface area contributed by atoms with Crippen molar-refractivity contribution in [1.82, 2.24) is 4.98 Å². The van der Waals surface area contributed by atoms with Crippen LogP contribution < -0.4 is 10.5 Å². The molecule has 0 saturated heterocycles. The molecule has 1 rings (SSSR count). The molecule has 0 amide bonds. The molecule has 0 aliphatic carbocycles. The molecule has 0 aliphatic rings. The van der Waals surface area contributed by atoms with Crippen molar-refractivity contribution in [1.29, 1.82) is 0 Å². The molecule has 17 heavy (non-hydrogen) atoms. The van der Waals surface area contributed by atoms with E-state index in [2.05, 4.69) is 9.72 Å². The van der Waals surface area contributed by atoms with E-state index in [1.807, 2.05) is 0 Å². The Morgan fingerprint density at radius 1 is 1.41 bits per heavy atom. The summed E-state index contributed by atoms with van der Waals surface area (Å²) in [6.07, 6.45) is -8.21. The summed E-state index contributed by atoms with van der Waals surface area (Å²) < 4.78 is 64.6. The molecule has 0 aliphatic heterocycles. The van der Waals surface area contributed by atoms with Gasteiger partial charge in [0.15, 0.2) is 5.75 Å². The minimum Gasteiger partial charge on any atom is -0.404 e. The van der Waals surface area contributed by atoms with Gasteiger partial charge in [0.05, 0.1) is 5.69 Å². The van der Waals surface area contributed by atoms with E-state index in [0.717, 1.165) is 6.07 Å². The first-order valence-corrected chi connectivity index (χ1v) is 5.25. The number of alkyl halides is 5. The predicted octanol–water partition coefficient (Wildman–Crippen LogP) is 2.98. The lowest BCUT2D eigenvalue weighted by Gasteiger charge is -2.14. The SMILES string of the molecule is NCc1nc(C(F)F)c(OC(F)(F)F)cc1I. The monoisotopic (exact) mass is 368 g/mol. The Morgan fingerprint density at radius 2 is 2.00 bits per heavy atom. The molecule has 0 spiro atoms. The van der Waals surface area contributed by atoms with Gasteiger partial charge in [0.25, 0.3) is 6.43 Å². The van der Waals surface area contributed by atoms with Crippen LogP contribution in [0.3, 0.4) is 0 Å². The van der Waals surface area contributed by atoms with E-state index in [-0.39, 0.29) is 15.8 Å². The third kappa shape index (κ3) is 3.91. The lowest BCUT2D eigenvalue weighted by atomic mass is 10.3. The Labute approximate surface area is 106 Å². The van der Waals surface area contributed by atoms with E-state index in [4.69, 9.17) is 5.73 Å². The van der Waals surface area contributed by atoms with Gasteiger partial charge in [-0.15, -0.1) is 13.2 Å². The molecule has 0 unspecified atom stereocenters. The van der Waals surface area contributed by atoms with Gasteiger partial charge in [-0.2, -0.15) is 0 Å². The lowest BCUT2D eigenvalue weighted by Crippen LogP contribution is -2.19. The summed E-state index contributed by atoms with van der Waals surface area (Å²) in [6.45, 7) is -0.149. The van der Waals surface area contributed by atoms with Crippen LogP contribution in [0, 0.1) is 3.57 Å². The van der Waals surface area contributed by atoms with Crippen molar-refractivity contribution >= 4 is 22.6 Å². The summed E-state index contributed by atoms with van der Waals surface area (Å²) in [4.78, 5) is 3.37. The summed E-state index contributed by atoms with van der Waals surface area (Å²) in [5.41, 5.74) is 4.25. The summed E-state index contributed by atoms with van der Waals surface area (Å²) >= 11 is 1.64. The third-order valence-electron chi connectivity index (χ3n) is 1.67. The van der Waals surface area contributed by atoms with Crippen molar-refractivity contribution in [3.05, 3.63) is 21.0 Å². The van der Waals surface area contributed by atoms with Crippen molar-refractivity contribution in [3.8, 4) is 5.75 Å². The number of nitrogens with zero attached hydrogens (tertiary/aromatic N) is 1. The van der Waals surface area contributed by atoms with E-state index >= 15 is 0 Å². The number of hydrogen-bond donors (Lipinski definition) is 1. The van der Waals surface area contributed by atoms with Crippen LogP contribution in [0.1, 0.15) is 17.8 Å². The van der Waals surface area contributed by atoms with Gasteiger partial charge in [-0.25, -0.2) is 13.8 Å². The van der Waals surface area contributed by atoms with Gasteiger partial charge >= 0.3 is 6.36 Å². The van der Waals surface area contributed by atoms with Crippen molar-refractivity contribution in [2.24, 2.45) is 5.73 Å². The van der Waals surface area contributed by atoms with Crippen LogP contribution in [-0.4, -0.2) is 11.3 Å². The van der Waals surface area contributed by atoms with Crippen LogP contribution >= 0.6 is 22.6 Å². The molecule has 2 N–H and O–H groups in total. The first-order valence-electron chi connectivity index (χ1n) is 4.18. The number of nitrogens with two attached hydrogens (primary N) is 1. The van der Waals surface area contributed by atoms with E-state index in [1.54, 1.807) is 22.6 Å². The first-order chi connectivity index (χ1) is 7.74. The predicted molar refractivity (Wildman–Crippen MR) is 56.5 cm³/mol.